The minimum atomic E-state index is -0.404. The van der Waals surface area contributed by atoms with Gasteiger partial charge >= 0.3 is 0 Å². The highest BCUT2D eigenvalue weighted by Crippen LogP contribution is 2.50. The van der Waals surface area contributed by atoms with Crippen molar-refractivity contribution in [3.05, 3.63) is 83.4 Å². The monoisotopic (exact) mass is 449 g/mol. The molecule has 0 aliphatic carbocycles. The van der Waals surface area contributed by atoms with Gasteiger partial charge in [-0.15, -0.1) is 0 Å². The Bertz CT molecular complexity index is 1070. The van der Waals surface area contributed by atoms with Crippen LogP contribution in [-0.2, 0) is 22.7 Å². The first-order chi connectivity index (χ1) is 16.2. The van der Waals surface area contributed by atoms with Crippen molar-refractivity contribution >= 4 is 5.91 Å². The lowest BCUT2D eigenvalue weighted by atomic mass is 10.1. The number of carbonyl (C=O) groups excluding carboxylic acids is 1. The maximum Gasteiger partial charge on any atom is 0.246 e. The standard InChI is InChI=1S/C26H27NO6/c1-29-22-13-21-24(26(25(22)30-2)33-15-19-11-7-4-8-12-19)20(16-32-21)27-23(28)17-31-14-18-9-5-3-6-10-18/h3-13,20H,14-17H2,1-2H3,(H,27,28). The van der Waals surface area contributed by atoms with Crippen molar-refractivity contribution in [1.29, 1.82) is 0 Å². The summed E-state index contributed by atoms with van der Waals surface area (Å²) in [6.45, 7) is 0.909. The molecule has 0 radical (unpaired) electrons. The van der Waals surface area contributed by atoms with Gasteiger partial charge in [0.15, 0.2) is 11.5 Å². The Morgan fingerprint density at radius 1 is 0.939 bits per heavy atom. The Kier molecular flexibility index (Phi) is 7.32. The molecule has 7 heteroatoms. The van der Waals surface area contributed by atoms with E-state index in [0.717, 1.165) is 16.7 Å². The molecule has 1 N–H and O–H groups in total. The predicted octanol–water partition coefficient (Wildman–Crippen LogP) is 4.05. The zero-order chi connectivity index (χ0) is 23.0. The highest BCUT2D eigenvalue weighted by Gasteiger charge is 2.34. The van der Waals surface area contributed by atoms with Gasteiger partial charge in [-0.05, 0) is 11.1 Å². The highest BCUT2D eigenvalue weighted by atomic mass is 16.5. The van der Waals surface area contributed by atoms with Crippen molar-refractivity contribution < 1.29 is 28.5 Å². The summed E-state index contributed by atoms with van der Waals surface area (Å²) in [5, 5.41) is 2.98. The lowest BCUT2D eigenvalue weighted by Gasteiger charge is -2.20. The highest BCUT2D eigenvalue weighted by molar-refractivity contribution is 5.78. The third-order valence-electron chi connectivity index (χ3n) is 5.29. The summed E-state index contributed by atoms with van der Waals surface area (Å²) in [7, 11) is 3.12. The van der Waals surface area contributed by atoms with Gasteiger partial charge in [0, 0.05) is 6.07 Å². The third kappa shape index (κ3) is 5.38. The van der Waals surface area contributed by atoms with E-state index < -0.39 is 6.04 Å². The molecule has 0 spiro atoms. The molecule has 3 aromatic rings. The summed E-state index contributed by atoms with van der Waals surface area (Å²) in [5.74, 6) is 1.79. The fourth-order valence-corrected chi connectivity index (χ4v) is 3.72. The van der Waals surface area contributed by atoms with E-state index in [-0.39, 0.29) is 19.1 Å². The molecule has 0 aromatic heterocycles. The summed E-state index contributed by atoms with van der Waals surface area (Å²) in [4.78, 5) is 12.6. The Labute approximate surface area is 193 Å². The number of hydrogen-bond acceptors (Lipinski definition) is 6. The Hall–Kier alpha value is -3.71. The normalized spacial score (nSPS) is 14.2. The molecule has 1 unspecified atom stereocenters. The largest absolute Gasteiger partial charge is 0.493 e. The minimum absolute atomic E-state index is 0.0613. The van der Waals surface area contributed by atoms with Gasteiger partial charge < -0.3 is 29.0 Å². The first-order valence-electron chi connectivity index (χ1n) is 10.7. The summed E-state index contributed by atoms with van der Waals surface area (Å²) in [6, 6.07) is 20.9. The Morgan fingerprint density at radius 3 is 2.24 bits per heavy atom. The van der Waals surface area contributed by atoms with Crippen molar-refractivity contribution in [2.24, 2.45) is 0 Å². The number of amides is 1. The maximum atomic E-state index is 12.6. The number of fused-ring (bicyclic) bond motifs is 1. The van der Waals surface area contributed by atoms with E-state index in [1.54, 1.807) is 20.3 Å². The van der Waals surface area contributed by atoms with Gasteiger partial charge in [-0.2, -0.15) is 0 Å². The van der Waals surface area contributed by atoms with Crippen molar-refractivity contribution in [3.63, 3.8) is 0 Å². The average molecular weight is 450 g/mol. The first kappa shape index (κ1) is 22.5. The van der Waals surface area contributed by atoms with E-state index >= 15 is 0 Å². The number of benzene rings is 3. The van der Waals surface area contributed by atoms with Crippen LogP contribution in [0, 0.1) is 0 Å². The molecule has 3 aromatic carbocycles. The van der Waals surface area contributed by atoms with Crippen LogP contribution in [0.25, 0.3) is 0 Å². The average Bonchev–Trinajstić information content (AvgIpc) is 3.25. The second-order valence-corrected chi connectivity index (χ2v) is 7.54. The fraction of sp³-hybridized carbons (Fsp3) is 0.269. The van der Waals surface area contributed by atoms with Crippen molar-refractivity contribution in [2.75, 3.05) is 27.4 Å². The number of methoxy groups -OCH3 is 2. The maximum absolute atomic E-state index is 12.6. The molecule has 0 fully saturated rings. The van der Waals surface area contributed by atoms with E-state index in [1.165, 1.54) is 0 Å². The van der Waals surface area contributed by atoms with Gasteiger partial charge in [0.1, 0.15) is 25.6 Å². The quantitative estimate of drug-likeness (QED) is 0.503. The summed E-state index contributed by atoms with van der Waals surface area (Å²) < 4.78 is 28.7. The topological polar surface area (TPSA) is 75.2 Å². The van der Waals surface area contributed by atoms with Gasteiger partial charge in [-0.1, -0.05) is 60.7 Å². The second kappa shape index (κ2) is 10.7. The summed E-state index contributed by atoms with van der Waals surface area (Å²) in [5.41, 5.74) is 2.73. The van der Waals surface area contributed by atoms with Crippen LogP contribution in [0.1, 0.15) is 22.7 Å². The zero-order valence-corrected chi connectivity index (χ0v) is 18.7. The first-order valence-corrected chi connectivity index (χ1v) is 10.7. The minimum Gasteiger partial charge on any atom is -0.493 e. The molecule has 0 bridgehead atoms. The molecular weight excluding hydrogens is 422 g/mol. The molecule has 7 nitrogen and oxygen atoms in total. The van der Waals surface area contributed by atoms with Crippen LogP contribution >= 0.6 is 0 Å². The van der Waals surface area contributed by atoms with Crippen LogP contribution in [0.2, 0.25) is 0 Å². The summed E-state index contributed by atoms with van der Waals surface area (Å²) in [6.07, 6.45) is 0. The smallest absolute Gasteiger partial charge is 0.246 e. The van der Waals surface area contributed by atoms with Crippen LogP contribution in [0.5, 0.6) is 23.0 Å². The third-order valence-corrected chi connectivity index (χ3v) is 5.29. The lowest BCUT2D eigenvalue weighted by molar-refractivity contribution is -0.127. The predicted molar refractivity (Wildman–Crippen MR) is 123 cm³/mol. The number of rotatable bonds is 10. The molecule has 4 rings (SSSR count). The van der Waals surface area contributed by atoms with E-state index in [4.69, 9.17) is 23.7 Å². The number of ether oxygens (including phenoxy) is 5. The van der Waals surface area contributed by atoms with E-state index in [9.17, 15) is 4.79 Å². The van der Waals surface area contributed by atoms with E-state index in [0.29, 0.717) is 36.2 Å². The Balaban J connectivity index is 1.49. The van der Waals surface area contributed by atoms with Crippen LogP contribution in [0.3, 0.4) is 0 Å². The van der Waals surface area contributed by atoms with Crippen molar-refractivity contribution in [1.82, 2.24) is 5.32 Å². The van der Waals surface area contributed by atoms with Crippen molar-refractivity contribution in [3.8, 4) is 23.0 Å². The molecule has 1 amide bonds. The molecule has 1 atom stereocenters. The Morgan fingerprint density at radius 2 is 1.61 bits per heavy atom. The number of carbonyl (C=O) groups is 1. The van der Waals surface area contributed by atoms with Crippen LogP contribution in [0.4, 0.5) is 0 Å². The SMILES string of the molecule is COc1cc2c(c(OCc3ccccc3)c1OC)C(NC(=O)COCc1ccccc1)CO2. The molecule has 33 heavy (non-hydrogen) atoms. The molecule has 1 aliphatic rings. The van der Waals surface area contributed by atoms with Crippen LogP contribution in [0.15, 0.2) is 66.7 Å². The van der Waals surface area contributed by atoms with Crippen LogP contribution < -0.4 is 24.3 Å². The molecule has 1 aliphatic heterocycles. The second-order valence-electron chi connectivity index (χ2n) is 7.54. The van der Waals surface area contributed by atoms with E-state index in [1.807, 2.05) is 60.7 Å². The molecule has 172 valence electrons. The van der Waals surface area contributed by atoms with Gasteiger partial charge in [-0.25, -0.2) is 0 Å². The van der Waals surface area contributed by atoms with Crippen LogP contribution in [-0.4, -0.2) is 33.3 Å². The molecular formula is C26H27NO6. The van der Waals surface area contributed by atoms with Gasteiger partial charge in [-0.3, -0.25) is 4.79 Å². The molecule has 1 heterocycles. The molecule has 0 saturated heterocycles. The van der Waals surface area contributed by atoms with Crippen molar-refractivity contribution in [2.45, 2.75) is 19.3 Å². The fourth-order valence-electron chi connectivity index (χ4n) is 3.72. The lowest BCUT2D eigenvalue weighted by Crippen LogP contribution is -2.32. The summed E-state index contributed by atoms with van der Waals surface area (Å²) >= 11 is 0. The zero-order valence-electron chi connectivity index (χ0n) is 18.7. The number of hydrogen-bond donors (Lipinski definition) is 1. The number of nitrogens with one attached hydrogen (secondary N) is 1. The van der Waals surface area contributed by atoms with Gasteiger partial charge in [0.05, 0.1) is 32.4 Å². The van der Waals surface area contributed by atoms with Gasteiger partial charge in [0.2, 0.25) is 11.7 Å². The van der Waals surface area contributed by atoms with E-state index in [2.05, 4.69) is 5.32 Å². The van der Waals surface area contributed by atoms with Gasteiger partial charge in [0.25, 0.3) is 0 Å². The molecule has 0 saturated carbocycles.